The lowest BCUT2D eigenvalue weighted by molar-refractivity contribution is -0.385. The molecule has 1 aliphatic rings. The van der Waals surface area contributed by atoms with Crippen molar-refractivity contribution in [1.82, 2.24) is 14.9 Å². The molecule has 0 radical (unpaired) electrons. The Hall–Kier alpha value is -2.78. The summed E-state index contributed by atoms with van der Waals surface area (Å²) in [7, 11) is 0. The number of rotatable bonds is 6. The number of aromatic nitrogens is 2. The van der Waals surface area contributed by atoms with E-state index in [1.54, 1.807) is 24.3 Å². The smallest absolute Gasteiger partial charge is 0.373 e. The van der Waals surface area contributed by atoms with Crippen LogP contribution in [0.4, 0.5) is 11.5 Å². The Balaban J connectivity index is 1.85. The van der Waals surface area contributed by atoms with Gasteiger partial charge in [0.2, 0.25) is 5.82 Å². The predicted octanol–water partition coefficient (Wildman–Crippen LogP) is 1.29. The summed E-state index contributed by atoms with van der Waals surface area (Å²) in [4.78, 5) is 23.1. The van der Waals surface area contributed by atoms with Gasteiger partial charge in [-0.05, 0) is 12.1 Å². The van der Waals surface area contributed by atoms with E-state index in [2.05, 4.69) is 14.9 Å². The van der Waals surface area contributed by atoms with E-state index in [-0.39, 0.29) is 24.0 Å². The topological polar surface area (TPSA) is 105 Å². The zero-order valence-electron chi connectivity index (χ0n) is 13.6. The predicted molar refractivity (Wildman–Crippen MR) is 90.9 cm³/mol. The Morgan fingerprint density at radius 3 is 2.52 bits per heavy atom. The van der Waals surface area contributed by atoms with Crippen LogP contribution in [0.1, 0.15) is 0 Å². The molecule has 1 aromatic heterocycles. The van der Waals surface area contributed by atoms with E-state index in [1.807, 2.05) is 11.0 Å². The SMILES string of the molecule is O=[N+]([O-])c1c(Oc2ccccc2)ncnc1N1CCN(CCO)CC1. The molecular formula is C16H19N5O4. The fraction of sp³-hybridized carbons (Fsp3) is 0.375. The van der Waals surface area contributed by atoms with Gasteiger partial charge in [0.25, 0.3) is 0 Å². The summed E-state index contributed by atoms with van der Waals surface area (Å²) in [5, 5.41) is 20.6. The maximum absolute atomic E-state index is 11.6. The first-order chi connectivity index (χ1) is 12.2. The zero-order valence-corrected chi connectivity index (χ0v) is 13.6. The van der Waals surface area contributed by atoms with Gasteiger partial charge < -0.3 is 14.7 Å². The number of anilines is 1. The number of ether oxygens (including phenoxy) is 1. The van der Waals surface area contributed by atoms with Gasteiger partial charge in [-0.25, -0.2) is 4.98 Å². The fourth-order valence-electron chi connectivity index (χ4n) is 2.74. The van der Waals surface area contributed by atoms with Gasteiger partial charge in [-0.15, -0.1) is 0 Å². The molecule has 0 atom stereocenters. The molecule has 0 saturated carbocycles. The number of aliphatic hydroxyl groups is 1. The van der Waals surface area contributed by atoms with E-state index in [1.165, 1.54) is 6.33 Å². The second kappa shape index (κ2) is 7.86. The summed E-state index contributed by atoms with van der Waals surface area (Å²) in [6.07, 6.45) is 1.28. The maximum atomic E-state index is 11.6. The summed E-state index contributed by atoms with van der Waals surface area (Å²) >= 11 is 0. The molecule has 1 saturated heterocycles. The third-order valence-electron chi connectivity index (χ3n) is 4.00. The van der Waals surface area contributed by atoms with E-state index < -0.39 is 4.92 Å². The van der Waals surface area contributed by atoms with Gasteiger partial charge >= 0.3 is 11.6 Å². The molecule has 0 spiro atoms. The molecule has 1 fully saturated rings. The number of β-amino-alcohol motifs (C(OH)–C–C–N with tert-alkyl or cyclic N) is 1. The minimum atomic E-state index is -0.506. The number of hydrogen-bond donors (Lipinski definition) is 1. The largest absolute Gasteiger partial charge is 0.434 e. The molecule has 0 unspecified atom stereocenters. The lowest BCUT2D eigenvalue weighted by atomic mass is 10.3. The van der Waals surface area contributed by atoms with Gasteiger partial charge in [0.1, 0.15) is 12.1 Å². The first-order valence-electron chi connectivity index (χ1n) is 7.99. The summed E-state index contributed by atoms with van der Waals surface area (Å²) in [6, 6.07) is 8.81. The van der Waals surface area contributed by atoms with Gasteiger partial charge in [-0.3, -0.25) is 15.0 Å². The van der Waals surface area contributed by atoms with Crippen molar-refractivity contribution in [3.8, 4) is 11.6 Å². The van der Waals surface area contributed by atoms with Gasteiger partial charge in [0, 0.05) is 32.7 Å². The van der Waals surface area contributed by atoms with Crippen LogP contribution in [0.15, 0.2) is 36.7 Å². The number of hydrogen-bond acceptors (Lipinski definition) is 8. The minimum Gasteiger partial charge on any atom is -0.434 e. The lowest BCUT2D eigenvalue weighted by Crippen LogP contribution is -2.47. The highest BCUT2D eigenvalue weighted by Gasteiger charge is 2.30. The maximum Gasteiger partial charge on any atom is 0.373 e. The molecule has 9 heteroatoms. The molecule has 2 aromatic rings. The van der Waals surface area contributed by atoms with Gasteiger partial charge in [0.15, 0.2) is 0 Å². The van der Waals surface area contributed by atoms with E-state index in [4.69, 9.17) is 9.84 Å². The third-order valence-corrected chi connectivity index (χ3v) is 4.00. The highest BCUT2D eigenvalue weighted by Crippen LogP contribution is 2.36. The number of benzene rings is 1. The standard InChI is InChI=1S/C16H19N5O4/c22-11-10-19-6-8-20(9-7-19)15-14(21(23)24)16(18-12-17-15)25-13-4-2-1-3-5-13/h1-5,12,22H,6-11H2. The average Bonchev–Trinajstić information content (AvgIpc) is 2.63. The zero-order chi connectivity index (χ0) is 17.6. The quantitative estimate of drug-likeness (QED) is 0.617. The second-order valence-electron chi connectivity index (χ2n) is 5.58. The van der Waals surface area contributed by atoms with Crippen LogP contribution in [0, 0.1) is 10.1 Å². The van der Waals surface area contributed by atoms with E-state index in [0.717, 1.165) is 0 Å². The van der Waals surface area contributed by atoms with Crippen molar-refractivity contribution in [2.75, 3.05) is 44.2 Å². The summed E-state index contributed by atoms with van der Waals surface area (Å²) < 4.78 is 5.60. The van der Waals surface area contributed by atoms with Crippen LogP contribution < -0.4 is 9.64 Å². The number of para-hydroxylation sites is 1. The highest BCUT2D eigenvalue weighted by molar-refractivity contribution is 5.63. The van der Waals surface area contributed by atoms with Crippen LogP contribution in [0.2, 0.25) is 0 Å². The second-order valence-corrected chi connectivity index (χ2v) is 5.58. The number of nitrogens with zero attached hydrogens (tertiary/aromatic N) is 5. The van der Waals surface area contributed by atoms with Gasteiger partial charge in [-0.1, -0.05) is 18.2 Å². The molecule has 1 aliphatic heterocycles. The number of piperazine rings is 1. The number of aliphatic hydroxyl groups excluding tert-OH is 1. The number of nitro groups is 1. The molecule has 0 amide bonds. The molecule has 1 N–H and O–H groups in total. The first-order valence-corrected chi connectivity index (χ1v) is 7.99. The molecular weight excluding hydrogens is 326 g/mol. The molecule has 25 heavy (non-hydrogen) atoms. The van der Waals surface area contributed by atoms with Crippen molar-refractivity contribution in [3.05, 3.63) is 46.8 Å². The van der Waals surface area contributed by atoms with Gasteiger partial charge in [0.05, 0.1) is 11.5 Å². The van der Waals surface area contributed by atoms with E-state index in [0.29, 0.717) is 38.5 Å². The van der Waals surface area contributed by atoms with Crippen LogP contribution in [0.25, 0.3) is 0 Å². The van der Waals surface area contributed by atoms with Crippen LogP contribution in [-0.2, 0) is 0 Å². The van der Waals surface area contributed by atoms with E-state index >= 15 is 0 Å². The average molecular weight is 345 g/mol. The molecule has 132 valence electrons. The van der Waals surface area contributed by atoms with Crippen molar-refractivity contribution in [2.45, 2.75) is 0 Å². The fourth-order valence-corrected chi connectivity index (χ4v) is 2.74. The molecule has 0 bridgehead atoms. The van der Waals surface area contributed by atoms with Crippen LogP contribution >= 0.6 is 0 Å². The molecule has 1 aromatic carbocycles. The van der Waals surface area contributed by atoms with E-state index in [9.17, 15) is 10.1 Å². The van der Waals surface area contributed by atoms with Crippen molar-refractivity contribution in [2.24, 2.45) is 0 Å². The summed E-state index contributed by atoms with van der Waals surface area (Å²) in [5.41, 5.74) is -0.234. The first kappa shape index (κ1) is 17.1. The molecule has 2 heterocycles. The van der Waals surface area contributed by atoms with Crippen molar-refractivity contribution < 1.29 is 14.8 Å². The Labute approximate surface area is 144 Å². The summed E-state index contributed by atoms with van der Waals surface area (Å²) in [6.45, 7) is 3.28. The normalized spacial score (nSPS) is 15.2. The Bertz CT molecular complexity index is 720. The Morgan fingerprint density at radius 1 is 1.16 bits per heavy atom. The van der Waals surface area contributed by atoms with Gasteiger partial charge in [-0.2, -0.15) is 4.98 Å². The van der Waals surface area contributed by atoms with Crippen molar-refractivity contribution in [1.29, 1.82) is 0 Å². The molecule has 3 rings (SSSR count). The minimum absolute atomic E-state index is 0.0704. The van der Waals surface area contributed by atoms with Crippen LogP contribution in [-0.4, -0.2) is 64.2 Å². The van der Waals surface area contributed by atoms with Crippen molar-refractivity contribution in [3.63, 3.8) is 0 Å². The molecule has 9 nitrogen and oxygen atoms in total. The summed E-state index contributed by atoms with van der Waals surface area (Å²) in [5.74, 6) is 0.664. The Kier molecular flexibility index (Phi) is 5.36. The highest BCUT2D eigenvalue weighted by atomic mass is 16.6. The monoisotopic (exact) mass is 345 g/mol. The van der Waals surface area contributed by atoms with Crippen LogP contribution in [0.5, 0.6) is 11.6 Å². The van der Waals surface area contributed by atoms with Crippen LogP contribution in [0.3, 0.4) is 0 Å². The van der Waals surface area contributed by atoms with Crippen molar-refractivity contribution >= 4 is 11.5 Å². The Morgan fingerprint density at radius 2 is 1.88 bits per heavy atom. The lowest BCUT2D eigenvalue weighted by Gasteiger charge is -2.34. The molecule has 0 aliphatic carbocycles. The third kappa shape index (κ3) is 4.01.